The first kappa shape index (κ1) is 15.4. The minimum absolute atomic E-state index is 0.614. The average molecular weight is 339 g/mol. The summed E-state index contributed by atoms with van der Waals surface area (Å²) in [5.74, 6) is 6.39. The highest BCUT2D eigenvalue weighted by atomic mass is 32.1. The highest BCUT2D eigenvalue weighted by Gasteiger charge is 2.18. The van der Waals surface area contributed by atoms with Gasteiger partial charge >= 0.3 is 0 Å². The van der Waals surface area contributed by atoms with Gasteiger partial charge in [-0.25, -0.2) is 9.37 Å². The fourth-order valence-corrected chi connectivity index (χ4v) is 3.87. The predicted octanol–water partition coefficient (Wildman–Crippen LogP) is 3.96. The van der Waals surface area contributed by atoms with Gasteiger partial charge in [-0.05, 0) is 55.0 Å². The first-order valence-corrected chi connectivity index (χ1v) is 8.99. The number of thiophene rings is 1. The van der Waals surface area contributed by atoms with E-state index in [2.05, 4.69) is 38.8 Å². The molecule has 1 aliphatic rings. The van der Waals surface area contributed by atoms with Crippen LogP contribution in [0, 0.1) is 11.8 Å². The zero-order valence-corrected chi connectivity index (χ0v) is 14.1. The molecule has 0 aliphatic carbocycles. The molecule has 1 saturated heterocycles. The highest BCUT2D eigenvalue weighted by Crippen LogP contribution is 2.21. The molecular formula is C19H18FN3S. The molecule has 3 aromatic heterocycles. The van der Waals surface area contributed by atoms with E-state index in [1.165, 1.54) is 4.88 Å². The molecule has 0 unspecified atom stereocenters. The van der Waals surface area contributed by atoms with Gasteiger partial charge in [0.15, 0.2) is 0 Å². The minimum Gasteiger partial charge on any atom is -0.333 e. The molecule has 1 aliphatic heterocycles. The molecule has 1 N–H and O–H groups in total. The second kappa shape index (κ2) is 6.76. The first-order chi connectivity index (χ1) is 11.8. The number of piperidine rings is 1. The Morgan fingerprint density at radius 1 is 1.25 bits per heavy atom. The van der Waals surface area contributed by atoms with Gasteiger partial charge in [0.25, 0.3) is 0 Å². The smallest absolute Gasteiger partial charge is 0.138 e. The fourth-order valence-electron chi connectivity index (χ4n) is 2.96. The Kier molecular flexibility index (Phi) is 4.33. The van der Waals surface area contributed by atoms with E-state index in [9.17, 15) is 4.39 Å². The molecule has 3 aromatic rings. The molecule has 122 valence electrons. The highest BCUT2D eigenvalue weighted by molar-refractivity contribution is 7.12. The normalized spacial score (nSPS) is 16.2. The molecule has 24 heavy (non-hydrogen) atoms. The second-order valence-electron chi connectivity index (χ2n) is 6.09. The molecule has 0 aromatic carbocycles. The second-order valence-corrected chi connectivity index (χ2v) is 7.26. The lowest BCUT2D eigenvalue weighted by Gasteiger charge is -2.27. The summed E-state index contributed by atoms with van der Waals surface area (Å²) in [5.41, 5.74) is 1.74. The monoisotopic (exact) mass is 339 g/mol. The van der Waals surface area contributed by atoms with Crippen LogP contribution in [0.4, 0.5) is 4.39 Å². The van der Waals surface area contributed by atoms with Crippen molar-refractivity contribution in [2.75, 3.05) is 13.1 Å². The molecule has 4 heterocycles. The Labute approximate surface area is 144 Å². The van der Waals surface area contributed by atoms with E-state index in [1.807, 2.05) is 18.2 Å². The standard InChI is InChI=1S/C19H18FN3S/c20-15-7-10-23(11-8-15)13-18-6-5-17(24-18)4-3-16-12-14-2-1-9-21-19(14)22-16/h1-2,5-6,9,12,15H,7-8,10-11,13H2,(H,21,22). The van der Waals surface area contributed by atoms with Crippen molar-refractivity contribution in [3.63, 3.8) is 0 Å². The third-order valence-corrected chi connectivity index (χ3v) is 5.26. The quantitative estimate of drug-likeness (QED) is 0.717. The Morgan fingerprint density at radius 3 is 2.96 bits per heavy atom. The van der Waals surface area contributed by atoms with Gasteiger partial charge < -0.3 is 4.98 Å². The molecule has 0 bridgehead atoms. The van der Waals surface area contributed by atoms with Crippen LogP contribution in [0.1, 0.15) is 28.3 Å². The number of hydrogen-bond acceptors (Lipinski definition) is 3. The van der Waals surface area contributed by atoms with Gasteiger partial charge in [-0.2, -0.15) is 0 Å². The molecule has 0 spiro atoms. The van der Waals surface area contributed by atoms with Crippen LogP contribution in [0.25, 0.3) is 11.0 Å². The van der Waals surface area contributed by atoms with Crippen LogP contribution in [0.2, 0.25) is 0 Å². The molecule has 0 amide bonds. The number of H-pyrrole nitrogens is 1. The molecule has 0 saturated carbocycles. The van der Waals surface area contributed by atoms with Crippen LogP contribution >= 0.6 is 11.3 Å². The van der Waals surface area contributed by atoms with Crippen LogP contribution in [0.15, 0.2) is 36.5 Å². The molecule has 0 radical (unpaired) electrons. The summed E-state index contributed by atoms with van der Waals surface area (Å²) >= 11 is 1.71. The zero-order chi connectivity index (χ0) is 16.4. The Morgan fingerprint density at radius 2 is 2.12 bits per heavy atom. The maximum atomic E-state index is 13.2. The molecule has 1 fully saturated rings. The number of likely N-dealkylation sites (tertiary alicyclic amines) is 1. The summed E-state index contributed by atoms with van der Waals surface area (Å²) in [7, 11) is 0. The SMILES string of the molecule is FC1CCN(Cc2ccc(C#Cc3cc4cccnc4[nH]3)s2)CC1. The number of aromatic amines is 1. The maximum absolute atomic E-state index is 13.2. The van der Waals surface area contributed by atoms with E-state index in [-0.39, 0.29) is 0 Å². The zero-order valence-electron chi connectivity index (χ0n) is 13.3. The number of fused-ring (bicyclic) bond motifs is 1. The summed E-state index contributed by atoms with van der Waals surface area (Å²) in [5, 5.41) is 1.07. The Bertz CT molecular complexity index is 861. The van der Waals surface area contributed by atoms with E-state index < -0.39 is 6.17 Å². The van der Waals surface area contributed by atoms with Gasteiger partial charge in [0.1, 0.15) is 11.8 Å². The van der Waals surface area contributed by atoms with Crippen molar-refractivity contribution in [1.29, 1.82) is 0 Å². The van der Waals surface area contributed by atoms with Crippen molar-refractivity contribution in [1.82, 2.24) is 14.9 Å². The van der Waals surface area contributed by atoms with Crippen LogP contribution in [0.5, 0.6) is 0 Å². The topological polar surface area (TPSA) is 31.9 Å². The lowest BCUT2D eigenvalue weighted by atomic mass is 10.1. The molecule has 0 atom stereocenters. The number of rotatable bonds is 2. The number of pyridine rings is 1. The first-order valence-electron chi connectivity index (χ1n) is 8.17. The number of nitrogens with zero attached hydrogens (tertiary/aromatic N) is 2. The van der Waals surface area contributed by atoms with Gasteiger partial charge in [-0.1, -0.05) is 0 Å². The van der Waals surface area contributed by atoms with Crippen molar-refractivity contribution in [3.8, 4) is 11.8 Å². The Hall–Kier alpha value is -2.16. The number of nitrogens with one attached hydrogen (secondary N) is 1. The van der Waals surface area contributed by atoms with Crippen molar-refractivity contribution in [2.24, 2.45) is 0 Å². The van der Waals surface area contributed by atoms with Crippen LogP contribution < -0.4 is 0 Å². The minimum atomic E-state index is -0.614. The average Bonchev–Trinajstić information content (AvgIpc) is 3.21. The van der Waals surface area contributed by atoms with Crippen molar-refractivity contribution < 1.29 is 4.39 Å². The lowest BCUT2D eigenvalue weighted by molar-refractivity contribution is 0.146. The molecule has 3 nitrogen and oxygen atoms in total. The number of hydrogen-bond donors (Lipinski definition) is 1. The summed E-state index contributed by atoms with van der Waals surface area (Å²) < 4.78 is 13.2. The van der Waals surface area contributed by atoms with Crippen LogP contribution in [-0.4, -0.2) is 34.1 Å². The van der Waals surface area contributed by atoms with Gasteiger partial charge in [-0.15, -0.1) is 11.3 Å². The van der Waals surface area contributed by atoms with Crippen LogP contribution in [0.3, 0.4) is 0 Å². The van der Waals surface area contributed by atoms with Gasteiger partial charge in [0.05, 0.1) is 10.6 Å². The van der Waals surface area contributed by atoms with Gasteiger partial charge in [0, 0.05) is 36.1 Å². The predicted molar refractivity (Wildman–Crippen MR) is 95.8 cm³/mol. The van der Waals surface area contributed by atoms with Crippen molar-refractivity contribution >= 4 is 22.4 Å². The third kappa shape index (κ3) is 3.50. The van der Waals surface area contributed by atoms with Gasteiger partial charge in [-0.3, -0.25) is 4.90 Å². The summed E-state index contributed by atoms with van der Waals surface area (Å²) in [4.78, 5) is 12.2. The van der Waals surface area contributed by atoms with E-state index in [1.54, 1.807) is 17.5 Å². The number of aromatic nitrogens is 2. The largest absolute Gasteiger partial charge is 0.333 e. The Balaban J connectivity index is 1.43. The number of alkyl halides is 1. The third-order valence-electron chi connectivity index (χ3n) is 4.27. The van der Waals surface area contributed by atoms with Gasteiger partial charge in [0.2, 0.25) is 0 Å². The number of halogens is 1. The van der Waals surface area contributed by atoms with E-state index in [4.69, 9.17) is 0 Å². The van der Waals surface area contributed by atoms with Crippen molar-refractivity contribution in [2.45, 2.75) is 25.6 Å². The van der Waals surface area contributed by atoms with E-state index in [0.29, 0.717) is 12.8 Å². The molecule has 5 heteroatoms. The molecule has 4 rings (SSSR count). The molecular weight excluding hydrogens is 321 g/mol. The van der Waals surface area contributed by atoms with Crippen LogP contribution in [-0.2, 0) is 6.54 Å². The van der Waals surface area contributed by atoms with Crippen molar-refractivity contribution in [3.05, 3.63) is 52.0 Å². The van der Waals surface area contributed by atoms with E-state index in [0.717, 1.165) is 41.2 Å². The summed E-state index contributed by atoms with van der Waals surface area (Å²) in [6.07, 6.45) is 2.48. The summed E-state index contributed by atoms with van der Waals surface area (Å²) in [6, 6.07) is 10.2. The maximum Gasteiger partial charge on any atom is 0.138 e. The van der Waals surface area contributed by atoms with E-state index >= 15 is 0 Å². The summed E-state index contributed by atoms with van der Waals surface area (Å²) in [6.45, 7) is 2.60. The lowest BCUT2D eigenvalue weighted by Crippen LogP contribution is -2.33. The fraction of sp³-hybridized carbons (Fsp3) is 0.316.